The number of piperazine rings is 1. The van der Waals surface area contributed by atoms with Crippen molar-refractivity contribution < 1.29 is 40.6 Å². The van der Waals surface area contributed by atoms with Crippen LogP contribution < -0.4 is 15.0 Å². The van der Waals surface area contributed by atoms with Crippen molar-refractivity contribution in [2.75, 3.05) is 18.0 Å². The largest absolute Gasteiger partial charge is 0.573 e. The molecular weight excluding hydrogens is 478 g/mol. The Labute approximate surface area is 186 Å². The summed E-state index contributed by atoms with van der Waals surface area (Å²) in [6.45, 7) is 1.30. The van der Waals surface area contributed by atoms with E-state index in [0.29, 0.717) is 20.0 Å². The van der Waals surface area contributed by atoms with Crippen LogP contribution in [0.15, 0.2) is 22.1 Å². The minimum absolute atomic E-state index is 0.0342. The van der Waals surface area contributed by atoms with Crippen molar-refractivity contribution >= 4 is 28.5 Å². The van der Waals surface area contributed by atoms with Gasteiger partial charge in [-0.05, 0) is 19.4 Å². The molecule has 1 aromatic carbocycles. The molecule has 178 valence electrons. The third-order valence-corrected chi connectivity index (χ3v) is 6.56. The lowest BCUT2D eigenvalue weighted by Crippen LogP contribution is -2.67. The summed E-state index contributed by atoms with van der Waals surface area (Å²) in [5.41, 5.74) is -5.65. The number of thiazole rings is 1. The number of alkyl halides is 6. The molecule has 0 saturated carbocycles. The first-order chi connectivity index (χ1) is 15.3. The van der Waals surface area contributed by atoms with Gasteiger partial charge in [0, 0.05) is 42.3 Å². The van der Waals surface area contributed by atoms with Crippen LogP contribution in [0.25, 0.3) is 21.7 Å². The molecule has 7 nitrogen and oxygen atoms in total. The van der Waals surface area contributed by atoms with Gasteiger partial charge >= 0.3 is 12.5 Å². The number of halogens is 6. The van der Waals surface area contributed by atoms with Crippen LogP contribution in [-0.4, -0.2) is 52.8 Å². The van der Waals surface area contributed by atoms with Gasteiger partial charge in [0.25, 0.3) is 6.01 Å². The average Bonchev–Trinajstić information content (AvgIpc) is 3.36. The van der Waals surface area contributed by atoms with Gasteiger partial charge in [0.2, 0.25) is 0 Å². The second-order valence-corrected chi connectivity index (χ2v) is 9.03. The van der Waals surface area contributed by atoms with E-state index in [-0.39, 0.29) is 34.3 Å². The quantitative estimate of drug-likeness (QED) is 0.527. The molecule has 3 atom stereocenters. The maximum Gasteiger partial charge on any atom is 0.573 e. The Morgan fingerprint density at radius 2 is 1.88 bits per heavy atom. The zero-order chi connectivity index (χ0) is 23.8. The van der Waals surface area contributed by atoms with E-state index in [0.717, 1.165) is 23.8 Å². The van der Waals surface area contributed by atoms with Gasteiger partial charge in [-0.3, -0.25) is 0 Å². The molecule has 3 aromatic rings. The highest BCUT2D eigenvalue weighted by Gasteiger charge is 2.54. The summed E-state index contributed by atoms with van der Waals surface area (Å²) in [5, 5.41) is 15.3. The molecule has 2 aromatic heterocycles. The number of nitrogens with zero attached hydrogens (tertiary/aromatic N) is 3. The minimum Gasteiger partial charge on any atom is -0.422 e. The van der Waals surface area contributed by atoms with Crippen LogP contribution in [0.2, 0.25) is 0 Å². The molecule has 0 spiro atoms. The number of rotatable bonds is 4. The smallest absolute Gasteiger partial charge is 0.422 e. The van der Waals surface area contributed by atoms with Gasteiger partial charge in [-0.25, -0.2) is 4.98 Å². The van der Waals surface area contributed by atoms with Gasteiger partial charge in [0.1, 0.15) is 5.01 Å². The van der Waals surface area contributed by atoms with Crippen LogP contribution in [0.4, 0.5) is 32.4 Å². The molecule has 3 aliphatic rings. The number of piperidine rings is 1. The Balaban J connectivity index is 1.77. The number of hydrogen-bond donors (Lipinski definition) is 2. The average molecular weight is 494 g/mol. The van der Waals surface area contributed by atoms with Crippen LogP contribution in [0.3, 0.4) is 0 Å². The summed E-state index contributed by atoms with van der Waals surface area (Å²) in [6, 6.07) is 1.03. The highest BCUT2D eigenvalue weighted by molar-refractivity contribution is 7.13. The maximum atomic E-state index is 13.7. The predicted molar refractivity (Wildman–Crippen MR) is 105 cm³/mol. The number of hydrogen-bond acceptors (Lipinski definition) is 8. The molecule has 3 aliphatic heterocycles. The lowest BCUT2D eigenvalue weighted by atomic mass is 9.92. The molecular formula is C19H16F6N4O3S. The maximum absolute atomic E-state index is 13.7. The Hall–Kier alpha value is -2.58. The molecule has 33 heavy (non-hydrogen) atoms. The molecule has 0 amide bonds. The van der Waals surface area contributed by atoms with E-state index in [9.17, 15) is 31.4 Å². The first-order valence-electron chi connectivity index (χ1n) is 9.77. The van der Waals surface area contributed by atoms with Gasteiger partial charge < -0.3 is 24.5 Å². The number of aromatic nitrogens is 2. The van der Waals surface area contributed by atoms with Gasteiger partial charge in [0.05, 0.1) is 5.56 Å². The molecule has 0 aliphatic carbocycles. The molecule has 2 N–H and O–H groups in total. The topological polar surface area (TPSA) is 83.7 Å². The number of ether oxygens (including phenoxy) is 1. The zero-order valence-corrected chi connectivity index (χ0v) is 17.6. The molecule has 2 bridgehead atoms. The first kappa shape index (κ1) is 22.2. The molecule has 5 heterocycles. The summed E-state index contributed by atoms with van der Waals surface area (Å²) in [7, 11) is 0. The Kier molecular flexibility index (Phi) is 4.85. The van der Waals surface area contributed by atoms with Crippen molar-refractivity contribution in [1.82, 2.24) is 15.3 Å². The van der Waals surface area contributed by atoms with Crippen molar-refractivity contribution in [3.8, 4) is 16.3 Å². The fourth-order valence-electron chi connectivity index (χ4n) is 4.10. The Morgan fingerprint density at radius 1 is 1.21 bits per heavy atom. The van der Waals surface area contributed by atoms with E-state index in [2.05, 4.69) is 20.0 Å². The minimum atomic E-state index is -5.35. The highest BCUT2D eigenvalue weighted by Crippen LogP contribution is 2.49. The first-order valence-corrected chi connectivity index (χ1v) is 10.6. The third-order valence-electron chi connectivity index (χ3n) is 5.76. The summed E-state index contributed by atoms with van der Waals surface area (Å²) in [5.74, 6) is -1.27. The number of benzene rings is 1. The fraction of sp³-hybridized carbons (Fsp3) is 0.474. The molecule has 3 fully saturated rings. The van der Waals surface area contributed by atoms with E-state index >= 15 is 0 Å². The molecule has 3 saturated heterocycles. The summed E-state index contributed by atoms with van der Waals surface area (Å²) in [4.78, 5) is 9.86. The zero-order valence-electron chi connectivity index (χ0n) is 16.8. The lowest BCUT2D eigenvalue weighted by molar-refractivity contribution is -0.280. The second kappa shape index (κ2) is 7.21. The normalized spacial score (nSPS) is 22.8. The standard InChI is InChI=1S/C19H16F6N4O3S/c1-17(30,18(20,21)22)11-5-10(15-26-2-3-33-15)13-12(14(11)32-19(23,24)25)28-16(31-13)29-6-8-4-9(7-29)27-8/h2-3,5,8-9,27,30H,4,6-7H2,1H3. The second-order valence-electron chi connectivity index (χ2n) is 8.13. The van der Waals surface area contributed by atoms with Crippen LogP contribution in [0.1, 0.15) is 18.9 Å². The number of anilines is 1. The summed E-state index contributed by atoms with van der Waals surface area (Å²) in [6.07, 6.45) is -8.34. The summed E-state index contributed by atoms with van der Waals surface area (Å²) >= 11 is 1.04. The Bertz CT molecular complexity index is 1180. The fourth-order valence-corrected chi connectivity index (χ4v) is 4.75. The van der Waals surface area contributed by atoms with Crippen molar-refractivity contribution in [3.05, 3.63) is 23.2 Å². The van der Waals surface area contributed by atoms with E-state index in [1.54, 1.807) is 10.3 Å². The van der Waals surface area contributed by atoms with Crippen molar-refractivity contribution in [1.29, 1.82) is 0 Å². The van der Waals surface area contributed by atoms with E-state index < -0.39 is 35.0 Å². The van der Waals surface area contributed by atoms with Gasteiger partial charge in [-0.1, -0.05) is 0 Å². The number of nitrogens with one attached hydrogen (secondary N) is 1. The van der Waals surface area contributed by atoms with Gasteiger partial charge in [-0.15, -0.1) is 24.5 Å². The van der Waals surface area contributed by atoms with Gasteiger partial charge in [0.15, 0.2) is 22.5 Å². The Morgan fingerprint density at radius 3 is 2.42 bits per heavy atom. The third kappa shape index (κ3) is 3.79. The SMILES string of the molecule is CC(O)(c1cc(-c2nccs2)c2oc(N3CC4CC(C3)N4)nc2c1OC(F)(F)F)C(F)(F)F. The van der Waals surface area contributed by atoms with Gasteiger partial charge in [-0.2, -0.15) is 18.2 Å². The van der Waals surface area contributed by atoms with Crippen LogP contribution in [-0.2, 0) is 5.60 Å². The van der Waals surface area contributed by atoms with Crippen LogP contribution >= 0.6 is 11.3 Å². The van der Waals surface area contributed by atoms with E-state index in [1.807, 2.05) is 0 Å². The number of fused-ring (bicyclic) bond motifs is 3. The van der Waals surface area contributed by atoms with Crippen molar-refractivity contribution in [2.24, 2.45) is 0 Å². The highest BCUT2D eigenvalue weighted by atomic mass is 32.1. The van der Waals surface area contributed by atoms with E-state index in [4.69, 9.17) is 4.42 Å². The van der Waals surface area contributed by atoms with Crippen LogP contribution in [0, 0.1) is 0 Å². The molecule has 14 heteroatoms. The van der Waals surface area contributed by atoms with Crippen molar-refractivity contribution in [2.45, 2.75) is 43.6 Å². The predicted octanol–water partition coefficient (Wildman–Crippen LogP) is 4.17. The summed E-state index contributed by atoms with van der Waals surface area (Å²) < 4.78 is 90.6. The van der Waals surface area contributed by atoms with Crippen molar-refractivity contribution in [3.63, 3.8) is 0 Å². The lowest BCUT2D eigenvalue weighted by Gasteiger charge is -2.47. The number of aliphatic hydroxyl groups is 1. The number of oxazole rings is 1. The molecule has 6 rings (SSSR count). The molecule has 0 radical (unpaired) electrons. The van der Waals surface area contributed by atoms with Crippen LogP contribution in [0.5, 0.6) is 5.75 Å². The monoisotopic (exact) mass is 494 g/mol. The van der Waals surface area contributed by atoms with E-state index in [1.165, 1.54) is 6.20 Å². The molecule has 3 unspecified atom stereocenters.